The Morgan fingerprint density at radius 3 is 1.63 bits per heavy atom. The first kappa shape index (κ1) is 43.9. The van der Waals surface area contributed by atoms with Gasteiger partial charge in [-0.3, -0.25) is 0 Å². The number of carboxylic acid groups (broad SMARTS) is 1. The van der Waals surface area contributed by atoms with Crippen LogP contribution in [0.4, 0.5) is 28.4 Å². The Morgan fingerprint density at radius 2 is 1.12 bits per heavy atom. The maximum absolute atomic E-state index is 11.6. The highest BCUT2D eigenvalue weighted by molar-refractivity contribution is 7.99. The molecule has 0 radical (unpaired) electrons. The van der Waals surface area contributed by atoms with Crippen molar-refractivity contribution in [2.45, 2.75) is 108 Å². The lowest BCUT2D eigenvalue weighted by Crippen LogP contribution is -2.22. The summed E-state index contributed by atoms with van der Waals surface area (Å²) in [5.74, 6) is 0.533. The summed E-state index contributed by atoms with van der Waals surface area (Å²) in [6.45, 7) is 9.01. The summed E-state index contributed by atoms with van der Waals surface area (Å²) < 4.78 is 12.2. The van der Waals surface area contributed by atoms with Crippen molar-refractivity contribution in [1.82, 2.24) is 0 Å². The zero-order valence-electron chi connectivity index (χ0n) is 35.5. The van der Waals surface area contributed by atoms with Gasteiger partial charge in [-0.05, 0) is 127 Å². The summed E-state index contributed by atoms with van der Waals surface area (Å²) in [6, 6.07) is 40.0. The molecule has 0 saturated heterocycles. The van der Waals surface area contributed by atoms with E-state index in [1.165, 1.54) is 63.1 Å². The lowest BCUT2D eigenvalue weighted by atomic mass is 10.0. The number of nitrogens with zero attached hydrogens (tertiary/aromatic N) is 3. The topological polar surface area (TPSA) is 86.0 Å². The second-order valence-corrected chi connectivity index (χ2v) is 16.5. The monoisotopic (exact) mass is 821 g/mol. The van der Waals surface area contributed by atoms with Crippen LogP contribution in [0.1, 0.15) is 103 Å². The Bertz CT molecular complexity index is 2150. The fourth-order valence-electron chi connectivity index (χ4n) is 7.49. The van der Waals surface area contributed by atoms with Gasteiger partial charge in [0.05, 0.1) is 24.6 Å². The van der Waals surface area contributed by atoms with Crippen molar-refractivity contribution in [3.63, 3.8) is 0 Å². The number of carbonyl (C=O) groups is 1. The average molecular weight is 822 g/mol. The summed E-state index contributed by atoms with van der Waals surface area (Å²) >= 11 is 1.69. The zero-order chi connectivity index (χ0) is 42.1. The third kappa shape index (κ3) is 11.8. The van der Waals surface area contributed by atoms with E-state index >= 15 is 0 Å². The SMILES string of the molecule is CCCCCCOc1ccc(N(c2ccc(OCCCCCC)cc2)c2ccc(-c3ccc4c(c3)Sc3cc(/C=C(\C#N)C(=O)O)ccc3N4CCCCCC)cc2)cc1. The van der Waals surface area contributed by atoms with Crippen LogP contribution < -0.4 is 19.3 Å². The molecule has 1 N–H and O–H groups in total. The molecule has 8 heteroatoms. The van der Waals surface area contributed by atoms with Gasteiger partial charge >= 0.3 is 5.97 Å². The van der Waals surface area contributed by atoms with Crippen LogP contribution in [0.15, 0.2) is 125 Å². The maximum atomic E-state index is 11.6. The number of nitriles is 1. The van der Waals surface area contributed by atoms with E-state index in [4.69, 9.17) is 9.47 Å². The third-order valence-electron chi connectivity index (χ3n) is 10.8. The van der Waals surface area contributed by atoms with E-state index in [0.29, 0.717) is 5.56 Å². The first-order valence-electron chi connectivity index (χ1n) is 21.9. The molecule has 0 atom stereocenters. The van der Waals surface area contributed by atoms with E-state index < -0.39 is 5.97 Å². The Balaban J connectivity index is 1.27. The van der Waals surface area contributed by atoms with Gasteiger partial charge in [0.25, 0.3) is 0 Å². The summed E-state index contributed by atoms with van der Waals surface area (Å²) in [4.78, 5) is 18.4. The summed E-state index contributed by atoms with van der Waals surface area (Å²) in [5.41, 5.74) is 8.03. The number of hydrogen-bond acceptors (Lipinski definition) is 7. The minimum atomic E-state index is -1.23. The molecule has 0 amide bonds. The summed E-state index contributed by atoms with van der Waals surface area (Å²) in [5, 5.41) is 18.9. The fourth-order valence-corrected chi connectivity index (χ4v) is 8.67. The molecule has 5 aromatic carbocycles. The fraction of sp³-hybridized carbons (Fsp3) is 0.346. The van der Waals surface area contributed by atoms with Gasteiger partial charge in [0.2, 0.25) is 0 Å². The Labute approximate surface area is 361 Å². The molecule has 0 unspecified atom stereocenters. The normalized spacial score (nSPS) is 12.0. The van der Waals surface area contributed by atoms with Gasteiger partial charge in [-0.15, -0.1) is 0 Å². The van der Waals surface area contributed by atoms with E-state index in [2.05, 4.69) is 128 Å². The summed E-state index contributed by atoms with van der Waals surface area (Å²) in [6.07, 6.45) is 15.4. The molecule has 5 aromatic rings. The zero-order valence-corrected chi connectivity index (χ0v) is 36.3. The molecule has 60 heavy (non-hydrogen) atoms. The van der Waals surface area contributed by atoms with Crippen LogP contribution in [0, 0.1) is 11.3 Å². The van der Waals surface area contributed by atoms with E-state index in [1.807, 2.05) is 18.2 Å². The number of rotatable bonds is 23. The van der Waals surface area contributed by atoms with Gasteiger partial charge in [0, 0.05) is 33.4 Å². The lowest BCUT2D eigenvalue weighted by molar-refractivity contribution is -0.132. The lowest BCUT2D eigenvalue weighted by Gasteiger charge is -2.33. The molecule has 0 spiro atoms. The number of fused-ring (bicyclic) bond motifs is 2. The molecule has 6 rings (SSSR count). The van der Waals surface area contributed by atoms with Crippen LogP contribution >= 0.6 is 11.8 Å². The second kappa shape index (κ2) is 22.6. The highest BCUT2D eigenvalue weighted by Crippen LogP contribution is 2.50. The largest absolute Gasteiger partial charge is 0.494 e. The van der Waals surface area contributed by atoms with Gasteiger partial charge in [0.15, 0.2) is 0 Å². The predicted molar refractivity (Wildman–Crippen MR) is 249 cm³/mol. The van der Waals surface area contributed by atoms with E-state index in [-0.39, 0.29) is 5.57 Å². The number of benzene rings is 5. The highest BCUT2D eigenvalue weighted by Gasteiger charge is 2.24. The van der Waals surface area contributed by atoms with E-state index in [0.717, 1.165) is 101 Å². The maximum Gasteiger partial charge on any atom is 0.346 e. The highest BCUT2D eigenvalue weighted by atomic mass is 32.2. The number of unbranched alkanes of at least 4 members (excludes halogenated alkanes) is 9. The minimum Gasteiger partial charge on any atom is -0.494 e. The Morgan fingerprint density at radius 1 is 0.633 bits per heavy atom. The van der Waals surface area contributed by atoms with Crippen molar-refractivity contribution in [3.8, 4) is 28.7 Å². The van der Waals surface area contributed by atoms with Crippen molar-refractivity contribution < 1.29 is 19.4 Å². The number of ether oxygens (including phenoxy) is 2. The molecule has 0 aromatic heterocycles. The number of carboxylic acids is 1. The van der Waals surface area contributed by atoms with Gasteiger partial charge in [-0.1, -0.05) is 115 Å². The van der Waals surface area contributed by atoms with Gasteiger partial charge < -0.3 is 24.4 Å². The van der Waals surface area contributed by atoms with Gasteiger partial charge in [-0.25, -0.2) is 4.79 Å². The van der Waals surface area contributed by atoms with Crippen molar-refractivity contribution in [1.29, 1.82) is 5.26 Å². The summed E-state index contributed by atoms with van der Waals surface area (Å²) in [7, 11) is 0. The first-order chi connectivity index (χ1) is 29.4. The molecule has 312 valence electrons. The van der Waals surface area contributed by atoms with E-state index in [9.17, 15) is 15.2 Å². The van der Waals surface area contributed by atoms with Crippen LogP contribution in [0.5, 0.6) is 11.5 Å². The van der Waals surface area contributed by atoms with Crippen LogP contribution in [0.3, 0.4) is 0 Å². The Kier molecular flexibility index (Phi) is 16.6. The minimum absolute atomic E-state index is 0.282. The molecule has 1 heterocycles. The Hall–Kier alpha value is -5.65. The smallest absolute Gasteiger partial charge is 0.346 e. The quantitative estimate of drug-likeness (QED) is 0.0396. The molecule has 7 nitrogen and oxygen atoms in total. The van der Waals surface area contributed by atoms with Gasteiger partial charge in [-0.2, -0.15) is 5.26 Å². The molecular weight excluding hydrogens is 763 g/mol. The van der Waals surface area contributed by atoms with Crippen molar-refractivity contribution in [2.75, 3.05) is 29.6 Å². The van der Waals surface area contributed by atoms with Crippen molar-refractivity contribution in [2.24, 2.45) is 0 Å². The number of aliphatic carboxylic acids is 1. The predicted octanol–water partition coefficient (Wildman–Crippen LogP) is 14.9. The number of anilines is 5. The van der Waals surface area contributed by atoms with Crippen LogP contribution in [-0.4, -0.2) is 30.8 Å². The molecule has 0 aliphatic carbocycles. The molecule has 1 aliphatic heterocycles. The molecule has 0 fully saturated rings. The van der Waals surface area contributed by atoms with Crippen LogP contribution in [-0.2, 0) is 4.79 Å². The molecule has 0 bridgehead atoms. The van der Waals surface area contributed by atoms with Gasteiger partial charge in [0.1, 0.15) is 23.1 Å². The third-order valence-corrected chi connectivity index (χ3v) is 11.9. The second-order valence-electron chi connectivity index (χ2n) is 15.4. The van der Waals surface area contributed by atoms with Crippen LogP contribution in [0.25, 0.3) is 17.2 Å². The van der Waals surface area contributed by atoms with Crippen LogP contribution in [0.2, 0.25) is 0 Å². The molecule has 1 aliphatic rings. The van der Waals surface area contributed by atoms with Crippen molar-refractivity contribution in [3.05, 3.63) is 120 Å². The number of hydrogen-bond donors (Lipinski definition) is 1. The first-order valence-corrected chi connectivity index (χ1v) is 22.7. The van der Waals surface area contributed by atoms with E-state index in [1.54, 1.807) is 11.8 Å². The van der Waals surface area contributed by atoms with Crippen molar-refractivity contribution >= 4 is 52.2 Å². The molecular formula is C52H59N3O4S. The average Bonchev–Trinajstić information content (AvgIpc) is 3.27. The standard InChI is InChI=1S/C52H59N3O4S/c1-4-7-10-13-32-54-48-30-16-39(35-42(38-53)52(56)57)36-50(48)60-51-37-41(19-31-49(51)54)40-17-20-43(21-18-40)55(44-22-26-46(27-23-44)58-33-14-11-8-5-2)45-24-28-47(29-25-45)59-34-15-12-9-6-3/h16-31,35-37H,4-15,32-34H2,1-3H3,(H,56,57)/b42-35+. The molecule has 0 saturated carbocycles.